The minimum absolute atomic E-state index is 0.00790. The fourth-order valence-corrected chi connectivity index (χ4v) is 4.44. The van der Waals surface area contributed by atoms with Crippen LogP contribution in [0.3, 0.4) is 0 Å². The molecule has 0 bridgehead atoms. The normalized spacial score (nSPS) is 20.2. The summed E-state index contributed by atoms with van der Waals surface area (Å²) in [6, 6.07) is 3.48. The Labute approximate surface area is 209 Å². The number of morpholine rings is 1. The summed E-state index contributed by atoms with van der Waals surface area (Å²) in [6.45, 7) is 3.51. The number of ether oxygens (including phenoxy) is 1. The lowest BCUT2D eigenvalue weighted by atomic mass is 10.1. The van der Waals surface area contributed by atoms with Crippen LogP contribution in [-0.4, -0.2) is 55.3 Å². The van der Waals surface area contributed by atoms with Crippen molar-refractivity contribution in [3.63, 3.8) is 0 Å². The van der Waals surface area contributed by atoms with E-state index in [0.717, 1.165) is 25.0 Å². The highest BCUT2D eigenvalue weighted by atomic mass is 19.3. The van der Waals surface area contributed by atoms with E-state index in [-0.39, 0.29) is 41.5 Å². The number of aryl methyl sites for hydroxylation is 2. The predicted molar refractivity (Wildman–Crippen MR) is 126 cm³/mol. The fourth-order valence-electron chi connectivity index (χ4n) is 4.44. The van der Waals surface area contributed by atoms with Crippen molar-refractivity contribution in [2.75, 3.05) is 18.0 Å². The molecule has 1 saturated carbocycles. The molecule has 3 aromatic heterocycles. The zero-order chi connectivity index (χ0) is 25.8. The van der Waals surface area contributed by atoms with Gasteiger partial charge in [-0.1, -0.05) is 0 Å². The van der Waals surface area contributed by atoms with E-state index in [1.165, 1.54) is 6.07 Å². The van der Waals surface area contributed by atoms with Crippen LogP contribution in [0, 0.1) is 25.5 Å². The Kier molecular flexibility index (Phi) is 5.78. The molecule has 2 fully saturated rings. The SMILES string of the molecule is Cc1nc2nc(N3C[C@H](c4cnn(C5CC5)c4)O[C@@H](C(F)F)C3)nc(-c3ccc(F)cc3F)c2nc1C. The molecular formula is C25H23F4N7O. The molecule has 2 aliphatic rings. The number of hydrogen-bond acceptors (Lipinski definition) is 7. The van der Waals surface area contributed by atoms with Crippen molar-refractivity contribution >= 4 is 17.1 Å². The molecule has 0 spiro atoms. The number of benzene rings is 1. The maximum absolute atomic E-state index is 14.9. The predicted octanol–water partition coefficient (Wildman–Crippen LogP) is 4.72. The number of hydrogen-bond donors (Lipinski definition) is 0. The smallest absolute Gasteiger partial charge is 0.266 e. The molecule has 1 aromatic carbocycles. The van der Waals surface area contributed by atoms with Gasteiger partial charge in [-0.05, 0) is 38.8 Å². The Morgan fingerprint density at radius 3 is 2.51 bits per heavy atom. The van der Waals surface area contributed by atoms with Crippen molar-refractivity contribution in [3.05, 3.63) is 59.2 Å². The summed E-state index contributed by atoms with van der Waals surface area (Å²) < 4.78 is 63.9. The number of nitrogens with zero attached hydrogens (tertiary/aromatic N) is 7. The lowest BCUT2D eigenvalue weighted by Crippen LogP contribution is -2.47. The average molecular weight is 513 g/mol. The van der Waals surface area contributed by atoms with Gasteiger partial charge in [-0.25, -0.2) is 32.5 Å². The van der Waals surface area contributed by atoms with Gasteiger partial charge in [0, 0.05) is 23.4 Å². The lowest BCUT2D eigenvalue weighted by molar-refractivity contribution is -0.102. The van der Waals surface area contributed by atoms with Crippen molar-refractivity contribution in [2.45, 2.75) is 51.4 Å². The molecule has 0 amide bonds. The highest BCUT2D eigenvalue weighted by Gasteiger charge is 2.37. The Hall–Kier alpha value is -3.67. The fraction of sp³-hybridized carbons (Fsp3) is 0.400. The first-order valence-electron chi connectivity index (χ1n) is 12.0. The van der Waals surface area contributed by atoms with E-state index < -0.39 is 30.3 Å². The molecule has 4 heterocycles. The highest BCUT2D eigenvalue weighted by Crippen LogP contribution is 2.37. The molecule has 37 heavy (non-hydrogen) atoms. The van der Waals surface area contributed by atoms with E-state index in [1.54, 1.807) is 24.9 Å². The molecule has 12 heteroatoms. The van der Waals surface area contributed by atoms with Crippen molar-refractivity contribution in [1.29, 1.82) is 0 Å². The molecule has 0 unspecified atom stereocenters. The minimum atomic E-state index is -2.75. The zero-order valence-electron chi connectivity index (χ0n) is 20.1. The second-order valence-corrected chi connectivity index (χ2v) is 9.45. The molecule has 8 nitrogen and oxygen atoms in total. The van der Waals surface area contributed by atoms with Gasteiger partial charge in [-0.2, -0.15) is 10.1 Å². The van der Waals surface area contributed by atoms with Gasteiger partial charge in [-0.3, -0.25) is 4.68 Å². The molecule has 1 aliphatic carbocycles. The first-order valence-corrected chi connectivity index (χ1v) is 12.0. The van der Waals surface area contributed by atoms with Gasteiger partial charge in [0.25, 0.3) is 6.43 Å². The van der Waals surface area contributed by atoms with Gasteiger partial charge < -0.3 is 9.64 Å². The summed E-state index contributed by atoms with van der Waals surface area (Å²) in [6.07, 6.45) is 0.677. The summed E-state index contributed by atoms with van der Waals surface area (Å²) in [7, 11) is 0. The molecular weight excluding hydrogens is 490 g/mol. The Morgan fingerprint density at radius 2 is 1.78 bits per heavy atom. The zero-order valence-corrected chi connectivity index (χ0v) is 20.1. The van der Waals surface area contributed by atoms with E-state index in [9.17, 15) is 17.6 Å². The van der Waals surface area contributed by atoms with Gasteiger partial charge in [0.1, 0.15) is 35.1 Å². The van der Waals surface area contributed by atoms with Crippen LogP contribution >= 0.6 is 0 Å². The highest BCUT2D eigenvalue weighted by molar-refractivity contribution is 5.88. The molecule has 1 aliphatic heterocycles. The topological polar surface area (TPSA) is 81.9 Å². The maximum Gasteiger partial charge on any atom is 0.266 e. The Bertz CT molecular complexity index is 1490. The van der Waals surface area contributed by atoms with Crippen LogP contribution in [0.25, 0.3) is 22.4 Å². The number of halogens is 4. The monoisotopic (exact) mass is 513 g/mol. The summed E-state index contributed by atoms with van der Waals surface area (Å²) >= 11 is 0. The summed E-state index contributed by atoms with van der Waals surface area (Å²) in [4.78, 5) is 19.7. The van der Waals surface area contributed by atoms with E-state index in [1.807, 2.05) is 10.9 Å². The molecule has 6 rings (SSSR count). The van der Waals surface area contributed by atoms with Crippen LogP contribution in [0.15, 0.2) is 30.6 Å². The van der Waals surface area contributed by atoms with Crippen molar-refractivity contribution in [1.82, 2.24) is 29.7 Å². The van der Waals surface area contributed by atoms with Crippen LogP contribution < -0.4 is 4.90 Å². The molecule has 2 atom stereocenters. The second-order valence-electron chi connectivity index (χ2n) is 9.45. The van der Waals surface area contributed by atoms with Crippen molar-refractivity contribution < 1.29 is 22.3 Å². The lowest BCUT2D eigenvalue weighted by Gasteiger charge is -2.37. The van der Waals surface area contributed by atoms with E-state index in [0.29, 0.717) is 23.0 Å². The van der Waals surface area contributed by atoms with Crippen molar-refractivity contribution in [2.24, 2.45) is 0 Å². The van der Waals surface area contributed by atoms with Crippen LogP contribution in [0.1, 0.15) is 41.9 Å². The van der Waals surface area contributed by atoms with E-state index >= 15 is 0 Å². The number of anilines is 1. The van der Waals surface area contributed by atoms with Gasteiger partial charge in [0.2, 0.25) is 5.95 Å². The second kappa shape index (κ2) is 9.02. The van der Waals surface area contributed by atoms with Gasteiger partial charge in [0.15, 0.2) is 5.65 Å². The first kappa shape index (κ1) is 23.7. The number of fused-ring (bicyclic) bond motifs is 1. The van der Waals surface area contributed by atoms with E-state index in [2.05, 4.69) is 25.0 Å². The van der Waals surface area contributed by atoms with Crippen LogP contribution in [0.5, 0.6) is 0 Å². The quantitative estimate of drug-likeness (QED) is 0.357. The third-order valence-corrected chi connectivity index (χ3v) is 6.72. The van der Waals surface area contributed by atoms with Crippen LogP contribution in [0.2, 0.25) is 0 Å². The Balaban J connectivity index is 1.45. The van der Waals surface area contributed by atoms with Crippen LogP contribution in [0.4, 0.5) is 23.5 Å². The summed E-state index contributed by atoms with van der Waals surface area (Å²) in [5.74, 6) is -1.48. The Morgan fingerprint density at radius 1 is 1.00 bits per heavy atom. The number of rotatable bonds is 5. The maximum atomic E-state index is 14.9. The van der Waals surface area contributed by atoms with Gasteiger partial charge >= 0.3 is 0 Å². The molecule has 0 radical (unpaired) electrons. The first-order chi connectivity index (χ1) is 17.8. The molecule has 0 N–H and O–H groups in total. The minimum Gasteiger partial charge on any atom is -0.361 e. The largest absolute Gasteiger partial charge is 0.361 e. The average Bonchev–Trinajstić information content (AvgIpc) is 3.60. The summed E-state index contributed by atoms with van der Waals surface area (Å²) in [5, 5.41) is 4.36. The van der Waals surface area contributed by atoms with Crippen LogP contribution in [-0.2, 0) is 4.74 Å². The summed E-state index contributed by atoms with van der Waals surface area (Å²) in [5.41, 5.74) is 2.42. The number of alkyl halides is 2. The third-order valence-electron chi connectivity index (χ3n) is 6.72. The van der Waals surface area contributed by atoms with Crippen molar-refractivity contribution in [3.8, 4) is 11.3 Å². The number of aromatic nitrogens is 6. The standard InChI is InChI=1S/C25H23F4N7O/c1-12-13(2)32-24-22(31-12)21(17-6-3-15(26)7-18(17)27)33-25(34-24)35-10-19(37-20(11-35)23(28)29)14-8-30-36(9-14)16-4-5-16/h3,6-9,16,19-20,23H,4-5,10-11H2,1-2H3/t19-,20-/m1/s1. The van der Waals surface area contributed by atoms with E-state index in [4.69, 9.17) is 4.74 Å². The van der Waals surface area contributed by atoms with Gasteiger partial charge in [0.05, 0.1) is 36.7 Å². The molecule has 4 aromatic rings. The molecule has 192 valence electrons. The van der Waals surface area contributed by atoms with Gasteiger partial charge in [-0.15, -0.1) is 0 Å². The third kappa shape index (κ3) is 4.50. The molecule has 1 saturated heterocycles.